The zero-order valence-corrected chi connectivity index (χ0v) is 19.4. The van der Waals surface area contributed by atoms with E-state index in [1.807, 2.05) is 29.9 Å². The van der Waals surface area contributed by atoms with E-state index in [2.05, 4.69) is 53.0 Å². The summed E-state index contributed by atoms with van der Waals surface area (Å²) >= 11 is 3.15. The number of hydrogen-bond acceptors (Lipinski definition) is 6. The lowest BCUT2D eigenvalue weighted by atomic mass is 9.95. The molecule has 3 aromatic rings. The molecule has 1 amide bonds. The molecule has 4 heterocycles. The van der Waals surface area contributed by atoms with Crippen molar-refractivity contribution in [1.29, 1.82) is 0 Å². The molecule has 1 N–H and O–H groups in total. The van der Waals surface area contributed by atoms with Gasteiger partial charge in [0.15, 0.2) is 0 Å². The van der Waals surface area contributed by atoms with Crippen LogP contribution in [0.1, 0.15) is 44.2 Å². The molecule has 0 aromatic carbocycles. The number of amides is 1. The van der Waals surface area contributed by atoms with Gasteiger partial charge in [-0.25, -0.2) is 0 Å². The lowest BCUT2D eigenvalue weighted by Crippen LogP contribution is -2.47. The molecule has 1 fully saturated rings. The lowest BCUT2D eigenvalue weighted by molar-refractivity contribution is 0.102. The maximum atomic E-state index is 12.8. The van der Waals surface area contributed by atoms with E-state index >= 15 is 0 Å². The predicted molar refractivity (Wildman–Crippen MR) is 126 cm³/mol. The van der Waals surface area contributed by atoms with Crippen LogP contribution in [0.5, 0.6) is 0 Å². The zero-order chi connectivity index (χ0) is 21.1. The van der Waals surface area contributed by atoms with E-state index < -0.39 is 0 Å². The van der Waals surface area contributed by atoms with Gasteiger partial charge < -0.3 is 10.2 Å². The van der Waals surface area contributed by atoms with E-state index in [0.29, 0.717) is 0 Å². The molecule has 1 atom stereocenters. The van der Waals surface area contributed by atoms with Crippen molar-refractivity contribution < 1.29 is 4.79 Å². The van der Waals surface area contributed by atoms with Crippen molar-refractivity contribution >= 4 is 33.6 Å². The summed E-state index contributed by atoms with van der Waals surface area (Å²) in [6, 6.07) is 8.11. The van der Waals surface area contributed by atoms with Gasteiger partial charge in [-0.2, -0.15) is 0 Å². The van der Waals surface area contributed by atoms with Gasteiger partial charge in [-0.05, 0) is 55.1 Å². The van der Waals surface area contributed by atoms with Crippen molar-refractivity contribution in [3.05, 3.63) is 68.5 Å². The Morgan fingerprint density at radius 3 is 2.53 bits per heavy atom. The number of carbonyl (C=O) groups excluding carboxylic acids is 1. The Morgan fingerprint density at radius 2 is 1.90 bits per heavy atom. The van der Waals surface area contributed by atoms with Crippen LogP contribution in [0.4, 0.5) is 5.00 Å². The van der Waals surface area contributed by atoms with E-state index in [-0.39, 0.29) is 11.9 Å². The number of piperazine rings is 1. The molecule has 0 aliphatic carbocycles. The van der Waals surface area contributed by atoms with Crippen LogP contribution in [0.2, 0.25) is 0 Å². The zero-order valence-electron chi connectivity index (χ0n) is 17.7. The maximum absolute atomic E-state index is 12.8. The molecular formula is C23H28N4OS2. The van der Waals surface area contributed by atoms with Crippen molar-refractivity contribution in [2.45, 2.75) is 26.8 Å². The number of hydrogen-bond donors (Lipinski definition) is 1. The fourth-order valence-electron chi connectivity index (χ4n) is 4.08. The molecule has 158 valence electrons. The Bertz CT molecular complexity index is 976. The van der Waals surface area contributed by atoms with Crippen LogP contribution in [0, 0.1) is 13.8 Å². The number of nitrogens with one attached hydrogen (secondary N) is 1. The minimum absolute atomic E-state index is 0.0308. The Kier molecular flexibility index (Phi) is 6.63. The summed E-state index contributed by atoms with van der Waals surface area (Å²) in [4.78, 5) is 24.1. The van der Waals surface area contributed by atoms with Gasteiger partial charge in [0.2, 0.25) is 0 Å². The van der Waals surface area contributed by atoms with Gasteiger partial charge in [-0.1, -0.05) is 13.0 Å². The van der Waals surface area contributed by atoms with Crippen molar-refractivity contribution in [2.75, 3.05) is 38.0 Å². The van der Waals surface area contributed by atoms with Crippen molar-refractivity contribution in [3.63, 3.8) is 0 Å². The summed E-state index contributed by atoms with van der Waals surface area (Å²) in [6.07, 6.45) is 3.73. The molecule has 1 unspecified atom stereocenters. The number of carbonyl (C=O) groups is 1. The Morgan fingerprint density at radius 1 is 1.17 bits per heavy atom. The normalized spacial score (nSPS) is 16.5. The second kappa shape index (κ2) is 9.39. The molecule has 7 heteroatoms. The van der Waals surface area contributed by atoms with E-state index in [4.69, 9.17) is 0 Å². The highest BCUT2D eigenvalue weighted by Gasteiger charge is 2.31. The molecule has 3 aromatic heterocycles. The van der Waals surface area contributed by atoms with Gasteiger partial charge in [-0.3, -0.25) is 14.7 Å². The van der Waals surface area contributed by atoms with Gasteiger partial charge in [0.1, 0.15) is 5.00 Å². The third-order valence-electron chi connectivity index (χ3n) is 5.92. The van der Waals surface area contributed by atoms with Crippen LogP contribution in [0.15, 0.2) is 42.0 Å². The number of nitrogens with zero attached hydrogens (tertiary/aromatic N) is 3. The summed E-state index contributed by atoms with van der Waals surface area (Å²) in [7, 11) is 0. The fourth-order valence-corrected chi connectivity index (χ4v) is 5.79. The monoisotopic (exact) mass is 440 g/mol. The minimum Gasteiger partial charge on any atom is -0.313 e. The molecule has 0 spiro atoms. The maximum Gasteiger partial charge on any atom is 0.266 e. The highest BCUT2D eigenvalue weighted by atomic mass is 32.1. The van der Waals surface area contributed by atoms with Crippen LogP contribution in [-0.4, -0.2) is 53.4 Å². The quantitative estimate of drug-likeness (QED) is 0.598. The Labute approximate surface area is 186 Å². The molecule has 0 bridgehead atoms. The summed E-state index contributed by atoms with van der Waals surface area (Å²) in [5, 5.41) is 6.12. The number of rotatable bonds is 6. The first-order valence-electron chi connectivity index (χ1n) is 10.4. The fraction of sp³-hybridized carbons (Fsp3) is 0.391. The minimum atomic E-state index is -0.0308. The molecule has 30 heavy (non-hydrogen) atoms. The third kappa shape index (κ3) is 4.34. The van der Waals surface area contributed by atoms with E-state index in [1.54, 1.807) is 11.3 Å². The van der Waals surface area contributed by atoms with Gasteiger partial charge in [0.05, 0.1) is 10.9 Å². The number of thiophene rings is 2. The number of anilines is 1. The summed E-state index contributed by atoms with van der Waals surface area (Å²) in [5.41, 5.74) is 3.71. The van der Waals surface area contributed by atoms with Crippen molar-refractivity contribution in [3.8, 4) is 0 Å². The second-order valence-corrected chi connectivity index (χ2v) is 9.78. The first kappa shape index (κ1) is 21.2. The first-order chi connectivity index (χ1) is 14.6. The van der Waals surface area contributed by atoms with Crippen molar-refractivity contribution in [2.24, 2.45) is 0 Å². The van der Waals surface area contributed by atoms with Gasteiger partial charge in [0, 0.05) is 49.0 Å². The Balaban J connectivity index is 1.72. The smallest absolute Gasteiger partial charge is 0.266 e. The molecule has 1 aliphatic heterocycles. The predicted octanol–water partition coefficient (Wildman–Crippen LogP) is 4.80. The number of aromatic nitrogens is 1. The van der Waals surface area contributed by atoms with E-state index in [1.165, 1.54) is 32.9 Å². The van der Waals surface area contributed by atoms with Crippen LogP contribution in [0.25, 0.3) is 0 Å². The van der Waals surface area contributed by atoms with Gasteiger partial charge in [0.25, 0.3) is 5.91 Å². The summed E-state index contributed by atoms with van der Waals surface area (Å²) < 4.78 is 0. The summed E-state index contributed by atoms with van der Waals surface area (Å²) in [5.74, 6) is -0.0308. The molecule has 5 nitrogen and oxygen atoms in total. The average Bonchev–Trinajstić information content (AvgIpc) is 3.40. The molecule has 0 radical (unpaired) electrons. The number of aryl methyl sites for hydroxylation is 1. The van der Waals surface area contributed by atoms with Crippen molar-refractivity contribution in [1.82, 2.24) is 14.8 Å². The lowest BCUT2D eigenvalue weighted by Gasteiger charge is -2.39. The second-order valence-electron chi connectivity index (χ2n) is 7.61. The average molecular weight is 441 g/mol. The standard InChI is InChI=1S/C23H28N4OS2/c1-4-26-11-13-27(14-12-26)21(18-7-9-24-10-8-18)20-16(2)17(3)30-23(20)25-22(28)19-6-5-15-29-19/h5-10,15,21H,4,11-14H2,1-3H3,(H,25,28). The van der Waals surface area contributed by atoms with E-state index in [9.17, 15) is 4.79 Å². The number of likely N-dealkylation sites (N-methyl/N-ethyl adjacent to an activating group) is 1. The van der Waals surface area contributed by atoms with Crippen LogP contribution in [-0.2, 0) is 0 Å². The number of pyridine rings is 1. The first-order valence-corrected chi connectivity index (χ1v) is 12.1. The van der Waals surface area contributed by atoms with Crippen LogP contribution in [0.3, 0.4) is 0 Å². The van der Waals surface area contributed by atoms with Gasteiger partial charge >= 0.3 is 0 Å². The van der Waals surface area contributed by atoms with Crippen LogP contribution >= 0.6 is 22.7 Å². The van der Waals surface area contributed by atoms with E-state index in [0.717, 1.165) is 42.6 Å². The topological polar surface area (TPSA) is 48.5 Å². The highest BCUT2D eigenvalue weighted by Crippen LogP contribution is 2.42. The SMILES string of the molecule is CCN1CCN(C(c2ccncc2)c2c(NC(=O)c3cccs3)sc(C)c2C)CC1. The molecule has 1 saturated heterocycles. The largest absolute Gasteiger partial charge is 0.313 e. The van der Waals surface area contributed by atoms with Gasteiger partial charge in [-0.15, -0.1) is 22.7 Å². The molecular weight excluding hydrogens is 412 g/mol. The molecule has 1 aliphatic rings. The molecule has 4 rings (SSSR count). The van der Waals surface area contributed by atoms with Crippen LogP contribution < -0.4 is 5.32 Å². The Hall–Kier alpha value is -2.06. The third-order valence-corrected chi connectivity index (χ3v) is 7.93. The molecule has 0 saturated carbocycles. The highest BCUT2D eigenvalue weighted by molar-refractivity contribution is 7.17. The summed E-state index contributed by atoms with van der Waals surface area (Å²) in [6.45, 7) is 11.8.